The third kappa shape index (κ3) is 10.9. The molecule has 6 fully saturated rings. The molecule has 18 atom stereocenters. The van der Waals surface area contributed by atoms with Crippen molar-refractivity contribution in [1.29, 1.82) is 0 Å². The summed E-state index contributed by atoms with van der Waals surface area (Å²) in [6, 6.07) is -1.42. The number of fused-ring (bicyclic) bond motifs is 7. The summed E-state index contributed by atoms with van der Waals surface area (Å²) in [6.45, 7) is 24.4. The lowest BCUT2D eigenvalue weighted by Gasteiger charge is -2.73. The molecule has 0 aromatic heterocycles. The molecule has 6 aliphatic rings. The van der Waals surface area contributed by atoms with Crippen LogP contribution in [0.2, 0.25) is 0 Å². The zero-order chi connectivity index (χ0) is 52.8. The molecule has 71 heavy (non-hydrogen) atoms. The predicted octanol–water partition coefficient (Wildman–Crippen LogP) is 7.75. The second kappa shape index (κ2) is 21.2. The lowest BCUT2D eigenvalue weighted by molar-refractivity contribution is -0.241. The molecule has 6 saturated carbocycles. The van der Waals surface area contributed by atoms with Crippen LogP contribution in [-0.2, 0) is 66.7 Å². The number of hydrogen-bond donors (Lipinski definition) is 2. The van der Waals surface area contributed by atoms with Crippen molar-refractivity contribution < 1.29 is 71.8 Å². The molecule has 402 valence electrons. The Hall–Kier alpha value is -3.79. The molecule has 1 amide bonds. The van der Waals surface area contributed by atoms with E-state index in [1.54, 1.807) is 0 Å². The van der Waals surface area contributed by atoms with Gasteiger partial charge in [0.2, 0.25) is 5.91 Å². The van der Waals surface area contributed by atoms with E-state index in [2.05, 4.69) is 53.8 Å². The van der Waals surface area contributed by atoms with Gasteiger partial charge in [-0.1, -0.05) is 54.9 Å². The molecule has 0 radical (unpaired) electrons. The van der Waals surface area contributed by atoms with Crippen molar-refractivity contribution >= 4 is 41.7 Å². The third-order valence-corrected chi connectivity index (χ3v) is 19.9. The Balaban J connectivity index is 1.24. The van der Waals surface area contributed by atoms with Crippen LogP contribution in [0.3, 0.4) is 0 Å². The van der Waals surface area contributed by atoms with Gasteiger partial charge in [0, 0.05) is 48.5 Å². The Morgan fingerprint density at radius 3 is 1.73 bits per heavy atom. The fraction of sp³-hybridized carbons (Fsp3) is 0.873. The summed E-state index contributed by atoms with van der Waals surface area (Å²) in [5.74, 6) is -2.18. The number of carbonyl (C=O) groups is 7. The highest BCUT2D eigenvalue weighted by Crippen LogP contribution is 2.78. The van der Waals surface area contributed by atoms with Gasteiger partial charge in [0.1, 0.15) is 18.8 Å². The Kier molecular flexibility index (Phi) is 16.9. The molecule has 16 nitrogen and oxygen atoms in total. The van der Waals surface area contributed by atoms with Gasteiger partial charge in [-0.15, -0.1) is 0 Å². The molecule has 16 heteroatoms. The standard InChI is InChI=1S/C55H87NO15/c1-30(38-20-25-51(11)39(38)21-26-53(13)43(51)18-19-44-52(12)24-15-23-50(9,10)42(52)22-27-54(44,53)14)16-17-40(67-33(4)59)46(69-35(6)61)41(68-34(5)60)28-65-48-45(56-31(2)57)47(70-36(7)62)49(71-37(8)63)55(48,64)29-66-32(3)58/h30,38-49,64H,15-29H2,1-14H3,(H,56,57). The Morgan fingerprint density at radius 2 is 1.17 bits per heavy atom. The molecular weight excluding hydrogens is 915 g/mol. The van der Waals surface area contributed by atoms with E-state index in [-0.39, 0.29) is 28.6 Å². The quantitative estimate of drug-likeness (QED) is 0.105. The van der Waals surface area contributed by atoms with E-state index in [0.717, 1.165) is 52.4 Å². The van der Waals surface area contributed by atoms with Crippen molar-refractivity contribution in [2.75, 3.05) is 13.2 Å². The van der Waals surface area contributed by atoms with Crippen molar-refractivity contribution in [1.82, 2.24) is 5.32 Å². The molecule has 0 aliphatic heterocycles. The zero-order valence-corrected chi connectivity index (χ0v) is 45.3. The summed E-state index contributed by atoms with van der Waals surface area (Å²) in [4.78, 5) is 88.4. The Bertz CT molecular complexity index is 2020. The minimum absolute atomic E-state index is 0.187. The summed E-state index contributed by atoms with van der Waals surface area (Å²) in [6.07, 6.45) is 5.70. The average molecular weight is 1000 g/mol. The average Bonchev–Trinajstić information content (AvgIpc) is 3.69. The Morgan fingerprint density at radius 1 is 0.592 bits per heavy atom. The van der Waals surface area contributed by atoms with E-state index in [9.17, 15) is 38.7 Å². The molecular formula is C55H87NO15. The molecule has 0 saturated heterocycles. The lowest BCUT2D eigenvalue weighted by atomic mass is 9.32. The molecule has 0 bridgehead atoms. The maximum Gasteiger partial charge on any atom is 0.303 e. The number of hydrogen-bond acceptors (Lipinski definition) is 15. The van der Waals surface area contributed by atoms with Crippen LogP contribution in [0.1, 0.15) is 180 Å². The largest absolute Gasteiger partial charge is 0.463 e. The van der Waals surface area contributed by atoms with Gasteiger partial charge >= 0.3 is 35.8 Å². The SMILES string of the molecule is CC(=O)NC1C(OC(C)=O)C(OC(C)=O)C(O)(COC(C)=O)C1OCC(OC(C)=O)C(OC(C)=O)C(CCC(C)C1CCC2(C)C1CCC1(C)C2CCC2C3(C)CCCC(C)(C)C3CCC21C)OC(C)=O. The van der Waals surface area contributed by atoms with Gasteiger partial charge in [0.15, 0.2) is 30.0 Å². The number of rotatable bonds is 17. The summed E-state index contributed by atoms with van der Waals surface area (Å²) >= 11 is 0. The van der Waals surface area contributed by atoms with Crippen LogP contribution in [0.5, 0.6) is 0 Å². The van der Waals surface area contributed by atoms with E-state index in [1.807, 2.05) is 0 Å². The number of amides is 1. The van der Waals surface area contributed by atoms with Crippen LogP contribution >= 0.6 is 0 Å². The van der Waals surface area contributed by atoms with Crippen LogP contribution in [0, 0.1) is 62.6 Å². The lowest BCUT2D eigenvalue weighted by Crippen LogP contribution is -2.65. The zero-order valence-electron chi connectivity index (χ0n) is 45.3. The van der Waals surface area contributed by atoms with Crippen molar-refractivity contribution in [3.05, 3.63) is 0 Å². The summed E-state index contributed by atoms with van der Waals surface area (Å²) in [5.41, 5.74) is -0.989. The van der Waals surface area contributed by atoms with Crippen LogP contribution in [0.4, 0.5) is 0 Å². The van der Waals surface area contributed by atoms with Crippen molar-refractivity contribution in [2.24, 2.45) is 62.6 Å². The fourth-order valence-corrected chi connectivity index (χ4v) is 17.2. The first-order valence-electron chi connectivity index (χ1n) is 26.6. The first-order chi connectivity index (χ1) is 32.9. The maximum absolute atomic E-state index is 12.9. The predicted molar refractivity (Wildman–Crippen MR) is 260 cm³/mol. The van der Waals surface area contributed by atoms with Crippen LogP contribution in [0.25, 0.3) is 0 Å². The van der Waals surface area contributed by atoms with Crippen LogP contribution < -0.4 is 5.32 Å². The normalized spacial score (nSPS) is 39.6. The van der Waals surface area contributed by atoms with Crippen LogP contribution in [0.15, 0.2) is 0 Å². The number of ether oxygens (including phenoxy) is 7. The third-order valence-electron chi connectivity index (χ3n) is 19.9. The maximum atomic E-state index is 12.9. The van der Waals surface area contributed by atoms with E-state index < -0.39 is 103 Å². The van der Waals surface area contributed by atoms with E-state index in [4.69, 9.17) is 33.2 Å². The number of esters is 6. The number of nitrogens with one attached hydrogen (secondary N) is 1. The van der Waals surface area contributed by atoms with Gasteiger partial charge in [0.25, 0.3) is 0 Å². The Labute approximate surface area is 422 Å². The first kappa shape index (κ1) is 56.5. The van der Waals surface area contributed by atoms with Gasteiger partial charge in [-0.3, -0.25) is 33.6 Å². The van der Waals surface area contributed by atoms with Gasteiger partial charge < -0.3 is 43.6 Å². The van der Waals surface area contributed by atoms with E-state index in [1.165, 1.54) is 78.6 Å². The minimum Gasteiger partial charge on any atom is -0.463 e. The summed E-state index contributed by atoms with van der Waals surface area (Å²) < 4.78 is 40.2. The van der Waals surface area contributed by atoms with Gasteiger partial charge in [0.05, 0.1) is 12.6 Å². The molecule has 0 aromatic carbocycles. The van der Waals surface area contributed by atoms with Gasteiger partial charge in [-0.2, -0.15) is 0 Å². The van der Waals surface area contributed by atoms with Crippen LogP contribution in [-0.4, -0.2) is 108 Å². The summed E-state index contributed by atoms with van der Waals surface area (Å²) in [7, 11) is 0. The molecule has 0 heterocycles. The number of aliphatic hydroxyl groups is 1. The molecule has 6 aliphatic carbocycles. The highest BCUT2D eigenvalue weighted by Gasteiger charge is 2.71. The van der Waals surface area contributed by atoms with E-state index in [0.29, 0.717) is 35.0 Å². The van der Waals surface area contributed by atoms with E-state index >= 15 is 0 Å². The monoisotopic (exact) mass is 1000 g/mol. The molecule has 18 unspecified atom stereocenters. The second-order valence-electron chi connectivity index (χ2n) is 24.6. The van der Waals surface area contributed by atoms with Gasteiger partial charge in [-0.25, -0.2) is 0 Å². The van der Waals surface area contributed by atoms with Crippen molar-refractivity contribution in [3.8, 4) is 0 Å². The topological polar surface area (TPSA) is 216 Å². The smallest absolute Gasteiger partial charge is 0.303 e. The molecule has 0 spiro atoms. The van der Waals surface area contributed by atoms with Crippen molar-refractivity contribution in [3.63, 3.8) is 0 Å². The van der Waals surface area contributed by atoms with Gasteiger partial charge in [-0.05, 0) is 140 Å². The summed E-state index contributed by atoms with van der Waals surface area (Å²) in [5, 5.41) is 15.0. The molecule has 6 rings (SSSR count). The highest BCUT2D eigenvalue weighted by molar-refractivity contribution is 5.74. The fourth-order valence-electron chi connectivity index (χ4n) is 17.2. The first-order valence-corrected chi connectivity index (χ1v) is 26.6. The second-order valence-corrected chi connectivity index (χ2v) is 24.6. The molecule has 2 N–H and O–H groups in total. The molecule has 0 aromatic rings. The van der Waals surface area contributed by atoms with Crippen molar-refractivity contribution in [2.45, 2.75) is 229 Å². The highest BCUT2D eigenvalue weighted by atomic mass is 16.6. The minimum atomic E-state index is -2.47. The number of carbonyl (C=O) groups excluding carboxylic acids is 7.